The molecule has 22 heavy (non-hydrogen) atoms. The van der Waals surface area contributed by atoms with Crippen molar-refractivity contribution in [2.45, 2.75) is 26.1 Å². The van der Waals surface area contributed by atoms with E-state index >= 15 is 0 Å². The van der Waals surface area contributed by atoms with Crippen LogP contribution >= 0.6 is 0 Å². The molecule has 0 aliphatic rings. The Labute approximate surface area is 131 Å². The summed E-state index contributed by atoms with van der Waals surface area (Å²) in [5.74, 6) is -0.314. The summed E-state index contributed by atoms with van der Waals surface area (Å²) < 4.78 is 15.5. The minimum Gasteiger partial charge on any atom is -0.496 e. The van der Waals surface area contributed by atoms with E-state index in [1.807, 2.05) is 37.3 Å². The van der Waals surface area contributed by atoms with Crippen molar-refractivity contribution in [1.82, 2.24) is 0 Å². The van der Waals surface area contributed by atoms with Gasteiger partial charge >= 0.3 is 5.97 Å². The van der Waals surface area contributed by atoms with E-state index in [1.165, 1.54) is 12.3 Å². The van der Waals surface area contributed by atoms with Crippen molar-refractivity contribution in [1.29, 1.82) is 0 Å². The topological polar surface area (TPSA) is 44.8 Å². The molecule has 0 N–H and O–H groups in total. The molecular weight excluding hydrogens is 280 g/mol. The van der Waals surface area contributed by atoms with Crippen molar-refractivity contribution in [3.8, 4) is 0 Å². The smallest absolute Gasteiger partial charge is 0.338 e. The highest BCUT2D eigenvalue weighted by atomic mass is 16.5. The van der Waals surface area contributed by atoms with E-state index in [1.54, 1.807) is 7.11 Å². The molecule has 0 saturated heterocycles. The lowest BCUT2D eigenvalue weighted by Gasteiger charge is -2.11. The molecule has 0 aliphatic heterocycles. The molecule has 1 aromatic carbocycles. The molecular formula is C18H22O4. The third kappa shape index (κ3) is 6.90. The predicted molar refractivity (Wildman–Crippen MR) is 85.8 cm³/mol. The molecule has 0 aromatic heterocycles. The van der Waals surface area contributed by atoms with Gasteiger partial charge in [-0.25, -0.2) is 4.79 Å². The Kier molecular flexibility index (Phi) is 7.72. The van der Waals surface area contributed by atoms with Crippen LogP contribution in [0.2, 0.25) is 0 Å². The number of esters is 1. The Bertz CT molecular complexity index is 531. The fourth-order valence-corrected chi connectivity index (χ4v) is 1.58. The van der Waals surface area contributed by atoms with E-state index in [-0.39, 0.29) is 11.9 Å². The van der Waals surface area contributed by atoms with Gasteiger partial charge in [0.05, 0.1) is 12.4 Å². The fraction of sp³-hybridized carbons (Fsp3) is 0.278. The van der Waals surface area contributed by atoms with Crippen molar-refractivity contribution < 1.29 is 19.0 Å². The van der Waals surface area contributed by atoms with E-state index in [9.17, 15) is 4.79 Å². The minimum absolute atomic E-state index is 0.0851. The van der Waals surface area contributed by atoms with Gasteiger partial charge in [0.15, 0.2) is 0 Å². The van der Waals surface area contributed by atoms with Crippen LogP contribution in [0.3, 0.4) is 0 Å². The summed E-state index contributed by atoms with van der Waals surface area (Å²) in [4.78, 5) is 11.7. The summed E-state index contributed by atoms with van der Waals surface area (Å²) >= 11 is 0. The molecule has 0 radical (unpaired) electrons. The number of hydrogen-bond donors (Lipinski definition) is 0. The second-order valence-corrected chi connectivity index (χ2v) is 4.81. The van der Waals surface area contributed by atoms with Gasteiger partial charge in [0.2, 0.25) is 0 Å². The Balaban J connectivity index is 2.31. The van der Waals surface area contributed by atoms with Crippen LogP contribution in [0.4, 0.5) is 0 Å². The van der Waals surface area contributed by atoms with Gasteiger partial charge in [0, 0.05) is 25.2 Å². The lowest BCUT2D eigenvalue weighted by atomic mass is 10.1. The number of rotatable bonds is 9. The van der Waals surface area contributed by atoms with E-state index in [2.05, 4.69) is 13.2 Å². The molecule has 1 rings (SSSR count). The molecule has 118 valence electrons. The lowest BCUT2D eigenvalue weighted by Crippen LogP contribution is -2.13. The van der Waals surface area contributed by atoms with Gasteiger partial charge in [-0.15, -0.1) is 0 Å². The van der Waals surface area contributed by atoms with E-state index < -0.39 is 5.97 Å². The Morgan fingerprint density at radius 2 is 1.95 bits per heavy atom. The molecule has 0 heterocycles. The molecule has 1 unspecified atom stereocenters. The highest BCUT2D eigenvalue weighted by Gasteiger charge is 2.12. The fourth-order valence-electron chi connectivity index (χ4n) is 1.58. The number of carbonyl (C=O) groups excluding carboxylic acids is 1. The standard InChI is InChI=1S/C18H22O4/c1-14(12-16(3)20-4)18(19)22-15(2)10-11-21-13-17-8-6-5-7-9-17/h5-11,16H,1-2,12-13H2,3-4H3/b11-10+. The van der Waals surface area contributed by atoms with E-state index in [0.717, 1.165) is 5.56 Å². The minimum atomic E-state index is -0.512. The molecule has 1 atom stereocenters. The van der Waals surface area contributed by atoms with Crippen LogP contribution in [0.1, 0.15) is 18.9 Å². The Morgan fingerprint density at radius 1 is 1.27 bits per heavy atom. The van der Waals surface area contributed by atoms with E-state index in [0.29, 0.717) is 18.6 Å². The quantitative estimate of drug-likeness (QED) is 0.301. The summed E-state index contributed by atoms with van der Waals surface area (Å²) in [5, 5.41) is 0. The molecule has 0 bridgehead atoms. The summed E-state index contributed by atoms with van der Waals surface area (Å²) in [7, 11) is 1.58. The number of carbonyl (C=O) groups is 1. The first-order valence-corrected chi connectivity index (χ1v) is 6.96. The number of benzene rings is 1. The number of methoxy groups -OCH3 is 1. The van der Waals surface area contributed by atoms with Crippen LogP contribution in [-0.2, 0) is 25.6 Å². The maximum absolute atomic E-state index is 11.7. The van der Waals surface area contributed by atoms with Gasteiger partial charge in [0.25, 0.3) is 0 Å². The lowest BCUT2D eigenvalue weighted by molar-refractivity contribution is -0.134. The van der Waals surface area contributed by atoms with Gasteiger partial charge in [-0.1, -0.05) is 43.5 Å². The zero-order chi connectivity index (χ0) is 16.4. The second kappa shape index (κ2) is 9.58. The SMILES string of the molecule is C=C(/C=C/OCc1ccccc1)OC(=O)C(=C)CC(C)OC. The van der Waals surface area contributed by atoms with Crippen LogP contribution in [0.15, 0.2) is 67.2 Å². The van der Waals surface area contributed by atoms with Gasteiger partial charge < -0.3 is 14.2 Å². The van der Waals surface area contributed by atoms with Crippen LogP contribution in [-0.4, -0.2) is 19.2 Å². The van der Waals surface area contributed by atoms with Crippen molar-refractivity contribution >= 4 is 5.97 Å². The molecule has 1 aromatic rings. The number of hydrogen-bond acceptors (Lipinski definition) is 4. The Morgan fingerprint density at radius 3 is 2.59 bits per heavy atom. The van der Waals surface area contributed by atoms with Crippen LogP contribution < -0.4 is 0 Å². The van der Waals surface area contributed by atoms with Crippen molar-refractivity contribution in [2.24, 2.45) is 0 Å². The average molecular weight is 302 g/mol. The molecule has 0 amide bonds. The van der Waals surface area contributed by atoms with Crippen LogP contribution in [0.25, 0.3) is 0 Å². The first-order valence-electron chi connectivity index (χ1n) is 6.96. The van der Waals surface area contributed by atoms with Crippen molar-refractivity contribution in [3.05, 3.63) is 72.7 Å². The van der Waals surface area contributed by atoms with Crippen molar-refractivity contribution in [2.75, 3.05) is 7.11 Å². The first-order chi connectivity index (χ1) is 10.5. The maximum Gasteiger partial charge on any atom is 0.338 e. The van der Waals surface area contributed by atoms with Gasteiger partial charge in [-0.3, -0.25) is 0 Å². The largest absolute Gasteiger partial charge is 0.496 e. The Hall–Kier alpha value is -2.33. The normalized spacial score (nSPS) is 11.9. The molecule has 0 aliphatic carbocycles. The van der Waals surface area contributed by atoms with E-state index in [4.69, 9.17) is 14.2 Å². The maximum atomic E-state index is 11.7. The molecule has 4 nitrogen and oxygen atoms in total. The molecule has 0 saturated carbocycles. The zero-order valence-corrected chi connectivity index (χ0v) is 13.1. The third-order valence-corrected chi connectivity index (χ3v) is 2.89. The van der Waals surface area contributed by atoms with Gasteiger partial charge in [0.1, 0.15) is 12.4 Å². The highest BCUT2D eigenvalue weighted by Crippen LogP contribution is 2.10. The summed E-state index contributed by atoms with van der Waals surface area (Å²) in [5.41, 5.74) is 1.39. The average Bonchev–Trinajstić information content (AvgIpc) is 2.52. The second-order valence-electron chi connectivity index (χ2n) is 4.81. The molecule has 0 spiro atoms. The van der Waals surface area contributed by atoms with Crippen LogP contribution in [0.5, 0.6) is 0 Å². The van der Waals surface area contributed by atoms with Crippen LogP contribution in [0, 0.1) is 0 Å². The zero-order valence-electron chi connectivity index (χ0n) is 13.1. The molecule has 4 heteroatoms. The monoisotopic (exact) mass is 302 g/mol. The number of allylic oxidation sites excluding steroid dienone is 1. The molecule has 0 fully saturated rings. The third-order valence-electron chi connectivity index (χ3n) is 2.89. The predicted octanol–water partition coefficient (Wildman–Crippen LogP) is 3.76. The summed E-state index contributed by atoms with van der Waals surface area (Å²) in [6, 6.07) is 9.75. The summed E-state index contributed by atoms with van der Waals surface area (Å²) in [6.45, 7) is 9.61. The highest BCUT2D eigenvalue weighted by molar-refractivity contribution is 5.88. The number of ether oxygens (including phenoxy) is 3. The van der Waals surface area contributed by atoms with Gasteiger partial charge in [-0.05, 0) is 12.5 Å². The first kappa shape index (κ1) is 17.7. The summed E-state index contributed by atoms with van der Waals surface area (Å²) in [6.07, 6.45) is 3.27. The van der Waals surface area contributed by atoms with Gasteiger partial charge in [-0.2, -0.15) is 0 Å². The van der Waals surface area contributed by atoms with Crippen molar-refractivity contribution in [3.63, 3.8) is 0 Å².